The second-order valence-electron chi connectivity index (χ2n) is 6.22. The number of carbonyl (C=O) groups excluding carboxylic acids is 1. The summed E-state index contributed by atoms with van der Waals surface area (Å²) in [5.41, 5.74) is 0.930. The van der Waals surface area contributed by atoms with Crippen molar-refractivity contribution < 1.29 is 9.53 Å². The molecule has 1 aliphatic rings. The molecule has 0 bridgehead atoms. The van der Waals surface area contributed by atoms with Crippen molar-refractivity contribution in [1.82, 2.24) is 20.2 Å². The van der Waals surface area contributed by atoms with E-state index in [0.717, 1.165) is 41.1 Å². The SMILES string of the molecule is Cc1c(C(=O)NC2CCOC2)sc2ncnc(NCCN(C)C)c12. The molecule has 0 spiro atoms. The number of nitrogens with zero attached hydrogens (tertiary/aromatic N) is 3. The molecule has 0 aromatic carbocycles. The topological polar surface area (TPSA) is 79.4 Å². The quantitative estimate of drug-likeness (QED) is 0.823. The maximum Gasteiger partial charge on any atom is 0.262 e. The number of anilines is 1. The van der Waals surface area contributed by atoms with Gasteiger partial charge in [-0.3, -0.25) is 4.79 Å². The number of carbonyl (C=O) groups is 1. The van der Waals surface area contributed by atoms with E-state index >= 15 is 0 Å². The van der Waals surface area contributed by atoms with Gasteiger partial charge in [0, 0.05) is 19.7 Å². The van der Waals surface area contributed by atoms with Gasteiger partial charge in [-0.25, -0.2) is 9.97 Å². The van der Waals surface area contributed by atoms with Gasteiger partial charge in [-0.2, -0.15) is 0 Å². The van der Waals surface area contributed by atoms with E-state index in [1.54, 1.807) is 6.33 Å². The molecule has 24 heavy (non-hydrogen) atoms. The summed E-state index contributed by atoms with van der Waals surface area (Å²) in [4.78, 5) is 24.9. The van der Waals surface area contributed by atoms with Gasteiger partial charge >= 0.3 is 0 Å². The molecule has 1 aliphatic heterocycles. The van der Waals surface area contributed by atoms with Crippen LogP contribution >= 0.6 is 11.3 Å². The maximum atomic E-state index is 12.6. The first-order valence-corrected chi connectivity index (χ1v) is 8.89. The number of nitrogens with one attached hydrogen (secondary N) is 2. The van der Waals surface area contributed by atoms with Gasteiger partial charge in [-0.05, 0) is 33.0 Å². The Morgan fingerprint density at radius 2 is 2.29 bits per heavy atom. The van der Waals surface area contributed by atoms with Gasteiger partial charge in [0.15, 0.2) is 0 Å². The van der Waals surface area contributed by atoms with Crippen LogP contribution in [0.5, 0.6) is 0 Å². The number of aromatic nitrogens is 2. The summed E-state index contributed by atoms with van der Waals surface area (Å²) >= 11 is 1.41. The maximum absolute atomic E-state index is 12.6. The fraction of sp³-hybridized carbons (Fsp3) is 0.562. The number of thiophene rings is 1. The first-order valence-electron chi connectivity index (χ1n) is 8.07. The molecule has 2 aromatic heterocycles. The van der Waals surface area contributed by atoms with E-state index in [-0.39, 0.29) is 11.9 Å². The highest BCUT2D eigenvalue weighted by Gasteiger charge is 2.23. The third-order valence-electron chi connectivity index (χ3n) is 4.05. The largest absolute Gasteiger partial charge is 0.379 e. The zero-order chi connectivity index (χ0) is 17.1. The van der Waals surface area contributed by atoms with Crippen molar-refractivity contribution in [1.29, 1.82) is 0 Å². The first kappa shape index (κ1) is 17.1. The molecular formula is C16H23N5O2S. The van der Waals surface area contributed by atoms with Crippen LogP contribution < -0.4 is 10.6 Å². The van der Waals surface area contributed by atoms with Crippen molar-refractivity contribution in [3.63, 3.8) is 0 Å². The summed E-state index contributed by atoms with van der Waals surface area (Å²) < 4.78 is 5.32. The molecule has 1 saturated heterocycles. The zero-order valence-corrected chi connectivity index (χ0v) is 15.1. The predicted octanol–water partition coefficient (Wildman–Crippen LogP) is 1.49. The second kappa shape index (κ2) is 7.42. The smallest absolute Gasteiger partial charge is 0.262 e. The minimum atomic E-state index is -0.0507. The number of hydrogen-bond acceptors (Lipinski definition) is 7. The van der Waals surface area contributed by atoms with Gasteiger partial charge in [-0.1, -0.05) is 0 Å². The summed E-state index contributed by atoms with van der Waals surface area (Å²) in [6.07, 6.45) is 2.41. The Morgan fingerprint density at radius 3 is 3.00 bits per heavy atom. The van der Waals surface area contributed by atoms with E-state index in [1.807, 2.05) is 21.0 Å². The Balaban J connectivity index is 1.82. The van der Waals surface area contributed by atoms with Crippen LogP contribution in [-0.2, 0) is 4.74 Å². The number of amides is 1. The molecule has 1 amide bonds. The predicted molar refractivity (Wildman–Crippen MR) is 95.9 cm³/mol. The Bertz CT molecular complexity index is 725. The molecule has 2 N–H and O–H groups in total. The van der Waals surface area contributed by atoms with Crippen LogP contribution in [0.25, 0.3) is 10.2 Å². The molecule has 2 aromatic rings. The molecular weight excluding hydrogens is 326 g/mol. The molecule has 1 atom stereocenters. The Hall–Kier alpha value is -1.77. The van der Waals surface area contributed by atoms with Crippen LogP contribution in [-0.4, -0.2) is 67.2 Å². The number of fused-ring (bicyclic) bond motifs is 1. The van der Waals surface area contributed by atoms with Crippen molar-refractivity contribution in [3.8, 4) is 0 Å². The molecule has 3 heterocycles. The third kappa shape index (κ3) is 3.66. The lowest BCUT2D eigenvalue weighted by Gasteiger charge is -2.11. The summed E-state index contributed by atoms with van der Waals surface area (Å²) in [5.74, 6) is 0.740. The fourth-order valence-electron chi connectivity index (χ4n) is 2.72. The standard InChI is InChI=1S/C16H23N5O2S/c1-10-12-14(17-5-6-21(2)3)18-9-19-16(12)24-13(10)15(22)20-11-4-7-23-8-11/h9,11H,4-8H2,1-3H3,(H,20,22)(H,17,18,19). The second-order valence-corrected chi connectivity index (χ2v) is 7.22. The molecule has 8 heteroatoms. The van der Waals surface area contributed by atoms with Gasteiger partial charge in [0.05, 0.1) is 22.9 Å². The number of aryl methyl sites for hydroxylation is 1. The third-order valence-corrected chi connectivity index (χ3v) is 5.25. The molecule has 0 aliphatic carbocycles. The van der Waals surface area contributed by atoms with Gasteiger partial charge in [0.2, 0.25) is 0 Å². The summed E-state index contributed by atoms with van der Waals surface area (Å²) in [7, 11) is 4.06. The van der Waals surface area contributed by atoms with Crippen molar-refractivity contribution in [2.24, 2.45) is 0 Å². The van der Waals surface area contributed by atoms with Crippen LogP contribution in [0, 0.1) is 6.92 Å². The fourth-order valence-corrected chi connectivity index (χ4v) is 3.77. The number of rotatable bonds is 6. The lowest BCUT2D eigenvalue weighted by atomic mass is 10.2. The van der Waals surface area contributed by atoms with Gasteiger partial charge in [-0.15, -0.1) is 11.3 Å². The highest BCUT2D eigenvalue weighted by atomic mass is 32.1. The Kier molecular flexibility index (Phi) is 5.27. The minimum Gasteiger partial charge on any atom is -0.379 e. The van der Waals surface area contributed by atoms with Crippen LogP contribution in [0.3, 0.4) is 0 Å². The number of hydrogen-bond donors (Lipinski definition) is 2. The molecule has 1 unspecified atom stereocenters. The molecule has 0 saturated carbocycles. The number of ether oxygens (including phenoxy) is 1. The van der Waals surface area contributed by atoms with E-state index < -0.39 is 0 Å². The van der Waals surface area contributed by atoms with Crippen LogP contribution in [0.1, 0.15) is 21.7 Å². The molecule has 130 valence electrons. The monoisotopic (exact) mass is 349 g/mol. The molecule has 3 rings (SSSR count). The first-order chi connectivity index (χ1) is 11.6. The molecule has 0 radical (unpaired) electrons. The molecule has 1 fully saturated rings. The zero-order valence-electron chi connectivity index (χ0n) is 14.3. The Labute approximate surface area is 145 Å². The van der Waals surface area contributed by atoms with Crippen LogP contribution in [0.2, 0.25) is 0 Å². The summed E-state index contributed by atoms with van der Waals surface area (Å²) in [5, 5.41) is 7.33. The summed E-state index contributed by atoms with van der Waals surface area (Å²) in [6.45, 7) is 4.95. The van der Waals surface area contributed by atoms with E-state index in [0.29, 0.717) is 18.1 Å². The average Bonchev–Trinajstić information content (AvgIpc) is 3.15. The normalized spacial score (nSPS) is 17.6. The highest BCUT2D eigenvalue weighted by Crippen LogP contribution is 2.33. The van der Waals surface area contributed by atoms with Crippen molar-refractivity contribution >= 4 is 33.3 Å². The van der Waals surface area contributed by atoms with E-state index in [2.05, 4.69) is 25.5 Å². The van der Waals surface area contributed by atoms with Gasteiger partial charge in [0.25, 0.3) is 5.91 Å². The summed E-state index contributed by atoms with van der Waals surface area (Å²) in [6, 6.07) is 0.103. The van der Waals surface area contributed by atoms with Gasteiger partial charge in [0.1, 0.15) is 17.0 Å². The number of likely N-dealkylation sites (N-methyl/N-ethyl adjacent to an activating group) is 1. The lowest BCUT2D eigenvalue weighted by Crippen LogP contribution is -2.34. The Morgan fingerprint density at radius 1 is 1.46 bits per heavy atom. The highest BCUT2D eigenvalue weighted by molar-refractivity contribution is 7.20. The van der Waals surface area contributed by atoms with Crippen LogP contribution in [0.4, 0.5) is 5.82 Å². The van der Waals surface area contributed by atoms with Crippen molar-refractivity contribution in [3.05, 3.63) is 16.8 Å². The minimum absolute atomic E-state index is 0.0507. The average molecular weight is 349 g/mol. The molecule has 7 nitrogen and oxygen atoms in total. The van der Waals surface area contributed by atoms with E-state index in [1.165, 1.54) is 11.3 Å². The van der Waals surface area contributed by atoms with Gasteiger partial charge < -0.3 is 20.3 Å². The van der Waals surface area contributed by atoms with E-state index in [4.69, 9.17) is 4.74 Å². The van der Waals surface area contributed by atoms with Crippen molar-refractivity contribution in [2.75, 3.05) is 45.7 Å². The lowest BCUT2D eigenvalue weighted by molar-refractivity contribution is 0.0933. The van der Waals surface area contributed by atoms with E-state index in [9.17, 15) is 4.79 Å². The van der Waals surface area contributed by atoms with Crippen LogP contribution in [0.15, 0.2) is 6.33 Å². The van der Waals surface area contributed by atoms with Crippen molar-refractivity contribution in [2.45, 2.75) is 19.4 Å².